The van der Waals surface area contributed by atoms with Crippen LogP contribution in [0.5, 0.6) is 0 Å². The van der Waals surface area contributed by atoms with Crippen molar-refractivity contribution in [2.24, 2.45) is 0 Å². The van der Waals surface area contributed by atoms with E-state index in [2.05, 4.69) is 15.2 Å². The van der Waals surface area contributed by atoms with Gasteiger partial charge in [0.05, 0.1) is 36.3 Å². The highest BCUT2D eigenvalue weighted by Crippen LogP contribution is 2.27. The topological polar surface area (TPSA) is 148 Å². The highest BCUT2D eigenvalue weighted by molar-refractivity contribution is 7.09. The highest BCUT2D eigenvalue weighted by Gasteiger charge is 2.29. The average Bonchev–Trinajstić information content (AvgIpc) is 3.79. The summed E-state index contributed by atoms with van der Waals surface area (Å²) >= 11 is 7.47. The van der Waals surface area contributed by atoms with Crippen molar-refractivity contribution < 1.29 is 33.1 Å². The van der Waals surface area contributed by atoms with Gasteiger partial charge in [-0.25, -0.2) is 23.5 Å². The molecule has 0 spiro atoms. The minimum absolute atomic E-state index is 0.121. The van der Waals surface area contributed by atoms with E-state index in [1.807, 2.05) is 17.5 Å². The molecule has 0 fully saturated rings. The summed E-state index contributed by atoms with van der Waals surface area (Å²) in [5, 5.41) is 22.5. The van der Waals surface area contributed by atoms with Crippen LogP contribution in [0.25, 0.3) is 22.4 Å². The third kappa shape index (κ3) is 5.73. The van der Waals surface area contributed by atoms with E-state index in [-0.39, 0.29) is 48.1 Å². The van der Waals surface area contributed by atoms with Gasteiger partial charge in [-0.1, -0.05) is 17.7 Å². The zero-order chi connectivity index (χ0) is 32.5. The molecule has 2 aromatic carbocycles. The molecule has 234 valence electrons. The summed E-state index contributed by atoms with van der Waals surface area (Å²) in [5.41, 5.74) is 2.43. The molecule has 7 rings (SSSR count). The monoisotopic (exact) mass is 663 g/mol. The predicted molar refractivity (Wildman–Crippen MR) is 163 cm³/mol. The first-order chi connectivity index (χ1) is 22.2. The molecule has 0 aliphatic carbocycles. The summed E-state index contributed by atoms with van der Waals surface area (Å²) in [7, 11) is 1.59. The van der Waals surface area contributed by atoms with Gasteiger partial charge in [0.1, 0.15) is 29.8 Å². The minimum Gasteiger partial charge on any atom is -0.594 e. The SMILES string of the molecule is CCOC(=O)c1ncn2c1CN(C)C(=O)c1cc(F)ccc1-2.O=C(OCc1cccs1)c1cnn2c1n[n+]([O-])c1ccc(Cl)cc12. The summed E-state index contributed by atoms with van der Waals surface area (Å²) in [4.78, 5) is 43.5. The first-order valence-corrected chi connectivity index (χ1v) is 15.0. The summed E-state index contributed by atoms with van der Waals surface area (Å²) in [5.74, 6) is -1.93. The standard InChI is InChI=1S/C15H9ClN4O3S.C15H14FN3O3/c16-9-3-4-12-13(6-9)19-14(18-20(12)22)11(7-17-19)15(21)23-8-10-2-1-5-24-10;1-3-22-15(21)13-12-7-18(2)14(20)10-6-9(16)4-5-11(10)19(12)8-17-13/h1-7H,8H2;4-6,8H,3,7H2,1-2H3. The number of esters is 2. The van der Waals surface area contributed by atoms with E-state index in [0.717, 1.165) is 4.88 Å². The number of aromatic nitrogens is 6. The zero-order valence-corrected chi connectivity index (χ0v) is 25.8. The minimum atomic E-state index is -0.590. The number of benzene rings is 2. The molecule has 16 heteroatoms. The van der Waals surface area contributed by atoms with Gasteiger partial charge in [0, 0.05) is 28.1 Å². The fraction of sp³-hybridized carbons (Fsp3) is 0.167. The van der Waals surface area contributed by atoms with E-state index in [1.54, 1.807) is 36.7 Å². The summed E-state index contributed by atoms with van der Waals surface area (Å²) in [6.45, 7) is 2.29. The quantitative estimate of drug-likeness (QED) is 0.149. The van der Waals surface area contributed by atoms with Crippen LogP contribution in [0.4, 0.5) is 4.39 Å². The van der Waals surface area contributed by atoms with Crippen LogP contribution in [-0.2, 0) is 22.6 Å². The lowest BCUT2D eigenvalue weighted by molar-refractivity contribution is -0.640. The number of carbonyl (C=O) groups is 3. The van der Waals surface area contributed by atoms with Crippen LogP contribution < -0.4 is 4.85 Å². The van der Waals surface area contributed by atoms with E-state index in [4.69, 9.17) is 21.1 Å². The number of ether oxygens (including phenoxy) is 2. The number of thiophene rings is 1. The maximum atomic E-state index is 13.5. The number of halogens is 2. The molecule has 5 heterocycles. The molecule has 0 saturated carbocycles. The van der Waals surface area contributed by atoms with Gasteiger partial charge in [-0.3, -0.25) is 9.36 Å². The number of imidazole rings is 1. The lowest BCUT2D eigenvalue weighted by Gasteiger charge is -2.14. The molecule has 4 aromatic heterocycles. The second kappa shape index (κ2) is 12.5. The number of hydrogen-bond acceptors (Lipinski definition) is 10. The van der Waals surface area contributed by atoms with Crippen LogP contribution in [0.1, 0.15) is 48.7 Å². The molecule has 0 bridgehead atoms. The van der Waals surface area contributed by atoms with Gasteiger partial charge in [-0.15, -0.1) is 11.3 Å². The van der Waals surface area contributed by atoms with Crippen molar-refractivity contribution in [3.05, 3.63) is 110 Å². The van der Waals surface area contributed by atoms with E-state index in [1.165, 1.54) is 51.5 Å². The summed E-state index contributed by atoms with van der Waals surface area (Å²) in [6.07, 6.45) is 2.78. The van der Waals surface area contributed by atoms with Crippen LogP contribution in [-0.4, -0.2) is 60.7 Å². The van der Waals surface area contributed by atoms with Gasteiger partial charge in [0.15, 0.2) is 5.69 Å². The van der Waals surface area contributed by atoms with E-state index >= 15 is 0 Å². The van der Waals surface area contributed by atoms with Gasteiger partial charge in [-0.2, -0.15) is 5.10 Å². The van der Waals surface area contributed by atoms with Crippen LogP contribution in [0.3, 0.4) is 0 Å². The number of amides is 1. The molecular formula is C30H23ClFN7O6S. The molecule has 0 N–H and O–H groups in total. The second-order valence-corrected chi connectivity index (χ2v) is 11.4. The summed E-state index contributed by atoms with van der Waals surface area (Å²) in [6, 6.07) is 12.4. The van der Waals surface area contributed by atoms with Gasteiger partial charge in [0.2, 0.25) is 5.65 Å². The highest BCUT2D eigenvalue weighted by atomic mass is 35.5. The Hall–Kier alpha value is -5.41. The molecule has 1 aliphatic heterocycles. The van der Waals surface area contributed by atoms with Crippen LogP contribution >= 0.6 is 22.9 Å². The zero-order valence-electron chi connectivity index (χ0n) is 24.2. The van der Waals surface area contributed by atoms with Gasteiger partial charge >= 0.3 is 11.9 Å². The predicted octanol–water partition coefficient (Wildman–Crippen LogP) is 4.36. The van der Waals surface area contributed by atoms with Gasteiger partial charge in [0.25, 0.3) is 11.4 Å². The maximum absolute atomic E-state index is 13.5. The van der Waals surface area contributed by atoms with Crippen molar-refractivity contribution in [1.82, 2.24) is 29.2 Å². The third-order valence-electron chi connectivity index (χ3n) is 6.96. The van der Waals surface area contributed by atoms with Crippen LogP contribution in [0, 0.1) is 11.0 Å². The van der Waals surface area contributed by atoms with Crippen molar-refractivity contribution in [3.63, 3.8) is 0 Å². The molecular weight excluding hydrogens is 641 g/mol. The Bertz CT molecular complexity index is 2130. The Morgan fingerprint density at radius 3 is 2.74 bits per heavy atom. The molecule has 1 amide bonds. The molecule has 0 unspecified atom stereocenters. The molecule has 0 saturated heterocycles. The number of hydrogen-bond donors (Lipinski definition) is 0. The van der Waals surface area contributed by atoms with Crippen LogP contribution in [0.15, 0.2) is 66.4 Å². The number of nitrogens with zero attached hydrogens (tertiary/aromatic N) is 7. The number of fused-ring (bicyclic) bond motifs is 6. The fourth-order valence-corrected chi connectivity index (χ4v) is 5.61. The molecule has 0 radical (unpaired) electrons. The Morgan fingerprint density at radius 2 is 1.98 bits per heavy atom. The summed E-state index contributed by atoms with van der Waals surface area (Å²) < 4.78 is 26.7. The Balaban J connectivity index is 0.000000162. The van der Waals surface area contributed by atoms with E-state index in [0.29, 0.717) is 32.3 Å². The van der Waals surface area contributed by atoms with Crippen molar-refractivity contribution in [3.8, 4) is 5.69 Å². The number of carbonyl (C=O) groups excluding carboxylic acids is 3. The first-order valence-electron chi connectivity index (χ1n) is 13.7. The lowest BCUT2D eigenvalue weighted by Crippen LogP contribution is -2.33. The third-order valence-corrected chi connectivity index (χ3v) is 8.05. The van der Waals surface area contributed by atoms with Crippen molar-refractivity contribution >= 4 is 57.5 Å². The van der Waals surface area contributed by atoms with Gasteiger partial charge in [-0.05, 0) is 53.5 Å². The normalized spacial score (nSPS) is 12.3. The van der Waals surface area contributed by atoms with Gasteiger partial charge < -0.3 is 19.6 Å². The molecule has 0 atom stereocenters. The molecule has 1 aliphatic rings. The molecule has 6 aromatic rings. The Labute approximate surface area is 268 Å². The maximum Gasteiger partial charge on any atom is 0.358 e. The van der Waals surface area contributed by atoms with Crippen molar-refractivity contribution in [2.45, 2.75) is 20.1 Å². The molecule has 13 nitrogen and oxygen atoms in total. The Kier molecular flexibility index (Phi) is 8.34. The average molecular weight is 664 g/mol. The second-order valence-electron chi connectivity index (χ2n) is 9.91. The smallest absolute Gasteiger partial charge is 0.358 e. The molecule has 46 heavy (non-hydrogen) atoms. The fourth-order valence-electron chi connectivity index (χ4n) is 4.83. The van der Waals surface area contributed by atoms with Crippen LogP contribution in [0.2, 0.25) is 5.02 Å². The number of rotatable bonds is 5. The van der Waals surface area contributed by atoms with E-state index in [9.17, 15) is 24.0 Å². The first kappa shape index (κ1) is 30.6. The van der Waals surface area contributed by atoms with E-state index < -0.39 is 17.8 Å². The largest absolute Gasteiger partial charge is 0.594 e. The lowest BCUT2D eigenvalue weighted by atomic mass is 10.1. The van der Waals surface area contributed by atoms with Crippen molar-refractivity contribution in [2.75, 3.05) is 13.7 Å². The van der Waals surface area contributed by atoms with Crippen molar-refractivity contribution in [1.29, 1.82) is 0 Å². The Morgan fingerprint density at radius 1 is 1.15 bits per heavy atom.